The molecule has 0 aliphatic carbocycles. The minimum absolute atomic E-state index is 0.394. The number of halogens is 1. The van der Waals surface area contributed by atoms with Crippen LogP contribution in [0.15, 0.2) is 48.5 Å². The number of benzene rings is 2. The third-order valence-electron chi connectivity index (χ3n) is 4.09. The Morgan fingerprint density at radius 1 is 1.25 bits per heavy atom. The number of fused-ring (bicyclic) bond motifs is 1. The molecular formula is C19H17ClO4. The van der Waals surface area contributed by atoms with Crippen LogP contribution < -0.4 is 4.74 Å². The van der Waals surface area contributed by atoms with Gasteiger partial charge in [0.2, 0.25) is 5.60 Å². The summed E-state index contributed by atoms with van der Waals surface area (Å²) < 4.78 is 10.7. The summed E-state index contributed by atoms with van der Waals surface area (Å²) in [6, 6.07) is 12.4. The van der Waals surface area contributed by atoms with Crippen LogP contribution in [-0.4, -0.2) is 24.3 Å². The molecule has 2 atom stereocenters. The van der Waals surface area contributed by atoms with Gasteiger partial charge < -0.3 is 14.6 Å². The van der Waals surface area contributed by atoms with Gasteiger partial charge in [-0.3, -0.25) is 0 Å². The predicted octanol–water partition coefficient (Wildman–Crippen LogP) is 3.48. The first-order valence-electron chi connectivity index (χ1n) is 7.48. The van der Waals surface area contributed by atoms with E-state index in [0.717, 1.165) is 11.1 Å². The lowest BCUT2D eigenvalue weighted by molar-refractivity contribution is -0.172. The molecule has 0 fully saturated rings. The Hall–Kier alpha value is -2.30. The molecule has 1 N–H and O–H groups in total. The van der Waals surface area contributed by atoms with E-state index in [1.165, 1.54) is 7.11 Å². The van der Waals surface area contributed by atoms with Crippen LogP contribution in [0.4, 0.5) is 0 Å². The zero-order valence-corrected chi connectivity index (χ0v) is 14.1. The topological polar surface area (TPSA) is 55.8 Å². The maximum Gasteiger partial charge on any atom is 0.346 e. The Kier molecular flexibility index (Phi) is 4.35. The summed E-state index contributed by atoms with van der Waals surface area (Å²) in [5.74, 6) is -0.363. The highest BCUT2D eigenvalue weighted by Gasteiger charge is 2.48. The molecular weight excluding hydrogens is 328 g/mol. The fourth-order valence-electron chi connectivity index (χ4n) is 2.72. The lowest BCUT2D eigenvalue weighted by Gasteiger charge is -2.34. The SMILES string of the molecule is COC(=O)C(O)(c1ccc(C)cc1)C1C=Cc2cccc(Cl)c2O1. The van der Waals surface area contributed by atoms with Crippen LogP contribution >= 0.6 is 11.6 Å². The Bertz CT molecular complexity index is 798. The molecule has 0 spiro atoms. The van der Waals surface area contributed by atoms with Crippen LogP contribution in [0.2, 0.25) is 5.02 Å². The van der Waals surface area contributed by atoms with Gasteiger partial charge in [0, 0.05) is 5.56 Å². The van der Waals surface area contributed by atoms with Crippen molar-refractivity contribution in [1.82, 2.24) is 0 Å². The number of esters is 1. The van der Waals surface area contributed by atoms with Crippen LogP contribution in [0.5, 0.6) is 5.75 Å². The summed E-state index contributed by atoms with van der Waals surface area (Å²) in [5.41, 5.74) is 0.218. The Morgan fingerprint density at radius 2 is 1.96 bits per heavy atom. The van der Waals surface area contributed by atoms with Crippen molar-refractivity contribution >= 4 is 23.6 Å². The molecule has 0 radical (unpaired) electrons. The number of methoxy groups -OCH3 is 1. The van der Waals surface area contributed by atoms with E-state index in [0.29, 0.717) is 16.3 Å². The highest BCUT2D eigenvalue weighted by atomic mass is 35.5. The Labute approximate surface area is 145 Å². The molecule has 4 nitrogen and oxygen atoms in total. The number of para-hydroxylation sites is 1. The van der Waals surface area contributed by atoms with Gasteiger partial charge in [-0.05, 0) is 24.6 Å². The maximum atomic E-state index is 12.4. The molecule has 0 bridgehead atoms. The molecule has 24 heavy (non-hydrogen) atoms. The first kappa shape index (κ1) is 16.6. The van der Waals surface area contributed by atoms with Crippen molar-refractivity contribution in [2.24, 2.45) is 0 Å². The first-order valence-corrected chi connectivity index (χ1v) is 7.86. The number of rotatable bonds is 3. The lowest BCUT2D eigenvalue weighted by atomic mass is 9.86. The number of hydrogen-bond donors (Lipinski definition) is 1. The van der Waals surface area contributed by atoms with E-state index >= 15 is 0 Å². The molecule has 0 saturated carbocycles. The normalized spacial score (nSPS) is 18.2. The van der Waals surface area contributed by atoms with Crippen LogP contribution in [0, 0.1) is 6.92 Å². The van der Waals surface area contributed by atoms with Crippen molar-refractivity contribution in [3.05, 3.63) is 70.3 Å². The van der Waals surface area contributed by atoms with Gasteiger partial charge in [0.05, 0.1) is 12.1 Å². The van der Waals surface area contributed by atoms with Crippen LogP contribution in [0.25, 0.3) is 6.08 Å². The second-order valence-electron chi connectivity index (χ2n) is 5.68. The van der Waals surface area contributed by atoms with Crippen LogP contribution in [0.3, 0.4) is 0 Å². The van der Waals surface area contributed by atoms with Gasteiger partial charge in [-0.1, -0.05) is 59.6 Å². The number of carbonyl (C=O) groups is 1. The predicted molar refractivity (Wildman–Crippen MR) is 92.0 cm³/mol. The second-order valence-corrected chi connectivity index (χ2v) is 6.09. The molecule has 5 heteroatoms. The summed E-state index contributed by atoms with van der Waals surface area (Å²) in [5, 5.41) is 11.6. The summed E-state index contributed by atoms with van der Waals surface area (Å²) >= 11 is 6.18. The van der Waals surface area contributed by atoms with Crippen molar-refractivity contribution in [1.29, 1.82) is 0 Å². The Morgan fingerprint density at radius 3 is 2.62 bits per heavy atom. The number of aliphatic hydroxyl groups is 1. The van der Waals surface area contributed by atoms with E-state index in [1.54, 1.807) is 30.4 Å². The van der Waals surface area contributed by atoms with E-state index in [1.807, 2.05) is 31.2 Å². The van der Waals surface area contributed by atoms with Gasteiger partial charge in [-0.15, -0.1) is 0 Å². The quantitative estimate of drug-likeness (QED) is 0.866. The minimum Gasteiger partial charge on any atom is -0.480 e. The Balaban J connectivity index is 2.07. The number of ether oxygens (including phenoxy) is 2. The van der Waals surface area contributed by atoms with E-state index in [-0.39, 0.29) is 0 Å². The molecule has 2 aromatic carbocycles. The second kappa shape index (κ2) is 6.30. The summed E-state index contributed by atoms with van der Waals surface area (Å²) in [6.45, 7) is 1.92. The number of aryl methyl sites for hydroxylation is 1. The zero-order chi connectivity index (χ0) is 17.3. The summed E-state index contributed by atoms with van der Waals surface area (Å²) in [7, 11) is 1.23. The molecule has 0 saturated heterocycles. The smallest absolute Gasteiger partial charge is 0.346 e. The highest BCUT2D eigenvalue weighted by molar-refractivity contribution is 6.32. The first-order chi connectivity index (χ1) is 11.5. The molecule has 1 heterocycles. The summed E-state index contributed by atoms with van der Waals surface area (Å²) in [4.78, 5) is 12.4. The molecule has 0 amide bonds. The number of hydrogen-bond acceptors (Lipinski definition) is 4. The van der Waals surface area contributed by atoms with Crippen molar-refractivity contribution < 1.29 is 19.4 Å². The monoisotopic (exact) mass is 344 g/mol. The van der Waals surface area contributed by atoms with E-state index in [4.69, 9.17) is 21.1 Å². The van der Waals surface area contributed by atoms with Crippen LogP contribution in [0.1, 0.15) is 16.7 Å². The largest absolute Gasteiger partial charge is 0.480 e. The van der Waals surface area contributed by atoms with Gasteiger partial charge in [0.15, 0.2) is 6.10 Å². The van der Waals surface area contributed by atoms with Gasteiger partial charge in [-0.25, -0.2) is 4.79 Å². The third kappa shape index (κ3) is 2.68. The summed E-state index contributed by atoms with van der Waals surface area (Å²) in [6.07, 6.45) is 2.45. The fraction of sp³-hybridized carbons (Fsp3) is 0.211. The highest BCUT2D eigenvalue weighted by Crippen LogP contribution is 2.39. The number of carbonyl (C=O) groups excluding carboxylic acids is 1. The minimum atomic E-state index is -1.98. The fourth-order valence-corrected chi connectivity index (χ4v) is 2.95. The molecule has 124 valence electrons. The average Bonchev–Trinajstić information content (AvgIpc) is 2.61. The van der Waals surface area contributed by atoms with Crippen LogP contribution in [-0.2, 0) is 15.1 Å². The average molecular weight is 345 g/mol. The standard InChI is InChI=1S/C19H17ClO4/c1-12-6-9-14(10-7-12)19(22,18(21)23-2)16-11-8-13-4-3-5-15(20)17(13)24-16/h3-11,16,22H,1-2H3. The molecule has 3 rings (SSSR count). The lowest BCUT2D eigenvalue weighted by Crippen LogP contribution is -2.50. The zero-order valence-electron chi connectivity index (χ0n) is 13.3. The molecule has 1 aliphatic heterocycles. The molecule has 2 unspecified atom stereocenters. The van der Waals surface area contributed by atoms with Gasteiger partial charge >= 0.3 is 5.97 Å². The van der Waals surface area contributed by atoms with Gasteiger partial charge in [0.1, 0.15) is 5.75 Å². The molecule has 2 aromatic rings. The van der Waals surface area contributed by atoms with Gasteiger partial charge in [-0.2, -0.15) is 0 Å². The maximum absolute atomic E-state index is 12.4. The van der Waals surface area contributed by atoms with E-state index < -0.39 is 17.7 Å². The van der Waals surface area contributed by atoms with Crippen molar-refractivity contribution in [2.75, 3.05) is 7.11 Å². The third-order valence-corrected chi connectivity index (χ3v) is 4.39. The van der Waals surface area contributed by atoms with E-state index in [2.05, 4.69) is 0 Å². The van der Waals surface area contributed by atoms with Crippen molar-refractivity contribution in [2.45, 2.75) is 18.6 Å². The molecule has 0 aromatic heterocycles. The van der Waals surface area contributed by atoms with Crippen molar-refractivity contribution in [3.63, 3.8) is 0 Å². The van der Waals surface area contributed by atoms with E-state index in [9.17, 15) is 9.90 Å². The van der Waals surface area contributed by atoms with Gasteiger partial charge in [0.25, 0.3) is 0 Å². The molecule has 1 aliphatic rings. The van der Waals surface area contributed by atoms with Crippen molar-refractivity contribution in [3.8, 4) is 5.75 Å².